The minimum Gasteiger partial charge on any atom is -0.398 e. The molecule has 1 aromatic carbocycles. The lowest BCUT2D eigenvalue weighted by molar-refractivity contribution is 0.601. The van der Waals surface area contributed by atoms with Gasteiger partial charge < -0.3 is 5.73 Å². The monoisotopic (exact) mass is 291 g/mol. The van der Waals surface area contributed by atoms with Gasteiger partial charge in [-0.3, -0.25) is 4.72 Å². The lowest BCUT2D eigenvalue weighted by Crippen LogP contribution is -2.15. The molecular formula is C14H17N3O2S. The maximum absolute atomic E-state index is 12.3. The fraction of sp³-hybridized carbons (Fsp3) is 0.214. The minimum absolute atomic E-state index is 0.140. The van der Waals surface area contributed by atoms with E-state index in [4.69, 9.17) is 5.73 Å². The van der Waals surface area contributed by atoms with Gasteiger partial charge in [0.15, 0.2) is 0 Å². The van der Waals surface area contributed by atoms with Crippen molar-refractivity contribution >= 4 is 21.5 Å². The van der Waals surface area contributed by atoms with Gasteiger partial charge in [0.2, 0.25) is 0 Å². The van der Waals surface area contributed by atoms with E-state index >= 15 is 0 Å². The predicted octanol–water partition coefficient (Wildman–Crippen LogP) is 2.39. The van der Waals surface area contributed by atoms with Gasteiger partial charge in [0.1, 0.15) is 5.82 Å². The number of hydrogen-bond acceptors (Lipinski definition) is 4. The molecule has 2 rings (SSSR count). The summed E-state index contributed by atoms with van der Waals surface area (Å²) >= 11 is 0. The van der Waals surface area contributed by atoms with Crippen LogP contribution >= 0.6 is 0 Å². The summed E-state index contributed by atoms with van der Waals surface area (Å²) in [6, 6.07) is 6.53. The maximum atomic E-state index is 12.3. The number of rotatable bonds is 3. The van der Waals surface area contributed by atoms with Crippen molar-refractivity contribution in [3.8, 4) is 0 Å². The van der Waals surface area contributed by atoms with Gasteiger partial charge in [-0.05, 0) is 61.7 Å². The van der Waals surface area contributed by atoms with Crippen LogP contribution in [0.4, 0.5) is 11.5 Å². The summed E-state index contributed by atoms with van der Waals surface area (Å²) in [6.45, 7) is 5.56. The third kappa shape index (κ3) is 2.91. The average Bonchev–Trinajstić information content (AvgIpc) is 2.34. The second-order valence-electron chi connectivity index (χ2n) is 4.78. The van der Waals surface area contributed by atoms with Crippen LogP contribution < -0.4 is 10.5 Å². The van der Waals surface area contributed by atoms with E-state index in [0.29, 0.717) is 11.5 Å². The van der Waals surface area contributed by atoms with Crippen molar-refractivity contribution in [3.05, 3.63) is 47.2 Å². The van der Waals surface area contributed by atoms with Crippen LogP contribution in [-0.4, -0.2) is 13.4 Å². The second-order valence-corrected chi connectivity index (χ2v) is 6.46. The van der Waals surface area contributed by atoms with E-state index in [1.807, 2.05) is 20.8 Å². The first-order valence-electron chi connectivity index (χ1n) is 6.12. The van der Waals surface area contributed by atoms with Crippen LogP contribution in [0, 0.1) is 20.8 Å². The molecule has 3 N–H and O–H groups in total. The van der Waals surface area contributed by atoms with Crippen LogP contribution in [-0.2, 0) is 10.0 Å². The van der Waals surface area contributed by atoms with Gasteiger partial charge in [-0.15, -0.1) is 0 Å². The van der Waals surface area contributed by atoms with Crippen molar-refractivity contribution in [2.75, 3.05) is 10.5 Å². The average molecular weight is 291 g/mol. The van der Waals surface area contributed by atoms with Crippen molar-refractivity contribution < 1.29 is 8.42 Å². The molecule has 0 aliphatic carbocycles. The molecule has 20 heavy (non-hydrogen) atoms. The molecular weight excluding hydrogens is 274 g/mol. The standard InChI is InChI=1S/C14H17N3O2S/c1-9-4-5-16-14(6-9)17-20(18,19)12-7-10(2)11(3)13(15)8-12/h4-8H,15H2,1-3H3,(H,16,17). The Morgan fingerprint density at radius 1 is 1.15 bits per heavy atom. The van der Waals surface area contributed by atoms with Crippen LogP contribution in [0.3, 0.4) is 0 Å². The maximum Gasteiger partial charge on any atom is 0.263 e. The van der Waals surface area contributed by atoms with E-state index in [9.17, 15) is 8.42 Å². The van der Waals surface area contributed by atoms with Crippen LogP contribution in [0.25, 0.3) is 0 Å². The molecule has 0 aliphatic rings. The van der Waals surface area contributed by atoms with Crippen molar-refractivity contribution in [2.45, 2.75) is 25.7 Å². The SMILES string of the molecule is Cc1ccnc(NS(=O)(=O)c2cc(C)c(C)c(N)c2)c1. The molecule has 0 radical (unpaired) electrons. The van der Waals surface area contributed by atoms with Crippen molar-refractivity contribution in [3.63, 3.8) is 0 Å². The van der Waals surface area contributed by atoms with Gasteiger partial charge in [0.05, 0.1) is 4.90 Å². The Labute approximate surface area is 118 Å². The number of anilines is 2. The summed E-state index contributed by atoms with van der Waals surface area (Å²) in [5.41, 5.74) is 8.94. The highest BCUT2D eigenvalue weighted by Crippen LogP contribution is 2.23. The fourth-order valence-corrected chi connectivity index (χ4v) is 2.92. The Balaban J connectivity index is 2.41. The zero-order chi connectivity index (χ0) is 14.9. The van der Waals surface area contributed by atoms with E-state index in [-0.39, 0.29) is 4.90 Å². The zero-order valence-corrected chi connectivity index (χ0v) is 12.5. The number of benzene rings is 1. The molecule has 0 saturated heterocycles. The highest BCUT2D eigenvalue weighted by Gasteiger charge is 2.17. The van der Waals surface area contributed by atoms with Gasteiger partial charge in [0.25, 0.3) is 10.0 Å². The Kier molecular flexibility index (Phi) is 3.67. The molecule has 0 unspecified atom stereocenters. The smallest absolute Gasteiger partial charge is 0.263 e. The fourth-order valence-electron chi connectivity index (χ4n) is 1.80. The third-order valence-electron chi connectivity index (χ3n) is 3.15. The van der Waals surface area contributed by atoms with Gasteiger partial charge in [0, 0.05) is 11.9 Å². The Morgan fingerprint density at radius 2 is 1.85 bits per heavy atom. The summed E-state index contributed by atoms with van der Waals surface area (Å²) in [6.07, 6.45) is 1.56. The number of nitrogens with zero attached hydrogens (tertiary/aromatic N) is 1. The lowest BCUT2D eigenvalue weighted by atomic mass is 10.1. The molecule has 1 aromatic heterocycles. The molecule has 106 valence electrons. The first-order valence-corrected chi connectivity index (χ1v) is 7.60. The summed E-state index contributed by atoms with van der Waals surface area (Å²) in [5.74, 6) is 0.293. The predicted molar refractivity (Wildman–Crippen MR) is 80.1 cm³/mol. The minimum atomic E-state index is -3.68. The number of nitrogens with one attached hydrogen (secondary N) is 1. The van der Waals surface area contributed by atoms with Gasteiger partial charge in [-0.2, -0.15) is 0 Å². The van der Waals surface area contributed by atoms with Gasteiger partial charge >= 0.3 is 0 Å². The van der Waals surface area contributed by atoms with Crippen molar-refractivity contribution in [1.29, 1.82) is 0 Å². The molecule has 6 heteroatoms. The lowest BCUT2D eigenvalue weighted by Gasteiger charge is -2.11. The number of nitrogen functional groups attached to an aromatic ring is 1. The van der Waals surface area contributed by atoms with Crippen molar-refractivity contribution in [1.82, 2.24) is 4.98 Å². The van der Waals surface area contributed by atoms with Crippen LogP contribution in [0.15, 0.2) is 35.4 Å². The zero-order valence-electron chi connectivity index (χ0n) is 11.6. The van der Waals surface area contributed by atoms with Crippen LogP contribution in [0.5, 0.6) is 0 Å². The molecule has 1 heterocycles. The molecule has 0 saturated carbocycles. The topological polar surface area (TPSA) is 85.1 Å². The summed E-state index contributed by atoms with van der Waals surface area (Å²) in [4.78, 5) is 4.13. The summed E-state index contributed by atoms with van der Waals surface area (Å²) in [5, 5.41) is 0. The summed E-state index contributed by atoms with van der Waals surface area (Å²) in [7, 11) is -3.68. The Hall–Kier alpha value is -2.08. The van der Waals surface area contributed by atoms with E-state index in [0.717, 1.165) is 16.7 Å². The number of nitrogens with two attached hydrogens (primary N) is 1. The largest absolute Gasteiger partial charge is 0.398 e. The van der Waals surface area contributed by atoms with E-state index in [1.165, 1.54) is 6.07 Å². The molecule has 5 nitrogen and oxygen atoms in total. The molecule has 0 amide bonds. The second kappa shape index (κ2) is 5.13. The van der Waals surface area contributed by atoms with E-state index < -0.39 is 10.0 Å². The molecule has 0 atom stereocenters. The molecule has 0 fully saturated rings. The quantitative estimate of drug-likeness (QED) is 0.850. The van der Waals surface area contributed by atoms with E-state index in [2.05, 4.69) is 9.71 Å². The highest BCUT2D eigenvalue weighted by molar-refractivity contribution is 7.92. The Bertz CT molecular complexity index is 732. The highest BCUT2D eigenvalue weighted by atomic mass is 32.2. The number of aromatic nitrogens is 1. The normalized spacial score (nSPS) is 11.3. The van der Waals surface area contributed by atoms with Gasteiger partial charge in [-0.1, -0.05) is 0 Å². The van der Waals surface area contributed by atoms with E-state index in [1.54, 1.807) is 24.4 Å². The summed E-state index contributed by atoms with van der Waals surface area (Å²) < 4.78 is 27.1. The van der Waals surface area contributed by atoms with Crippen LogP contribution in [0.2, 0.25) is 0 Å². The number of pyridine rings is 1. The van der Waals surface area contributed by atoms with Crippen LogP contribution in [0.1, 0.15) is 16.7 Å². The number of aryl methyl sites for hydroxylation is 2. The number of hydrogen-bond donors (Lipinski definition) is 2. The molecule has 0 bridgehead atoms. The first-order chi connectivity index (χ1) is 9.29. The van der Waals surface area contributed by atoms with Crippen molar-refractivity contribution in [2.24, 2.45) is 0 Å². The molecule has 0 spiro atoms. The third-order valence-corrected chi connectivity index (χ3v) is 4.48. The molecule has 2 aromatic rings. The van der Waals surface area contributed by atoms with Gasteiger partial charge in [-0.25, -0.2) is 13.4 Å². The number of sulfonamides is 1. The first kappa shape index (κ1) is 14.3. The Morgan fingerprint density at radius 3 is 2.45 bits per heavy atom. The molecule has 0 aliphatic heterocycles.